The third-order valence-corrected chi connectivity index (χ3v) is 4.23. The Morgan fingerprint density at radius 3 is 2.85 bits per heavy atom. The lowest BCUT2D eigenvalue weighted by atomic mass is 10.3. The number of pyridine rings is 1. The molecule has 3 aromatic rings. The number of hydrogen-bond donors (Lipinski definition) is 1. The first-order valence-electron chi connectivity index (χ1n) is 5.79. The molecule has 3 aromatic heterocycles. The zero-order valence-electron chi connectivity index (χ0n) is 10.5. The van der Waals surface area contributed by atoms with Crippen LogP contribution in [0.3, 0.4) is 0 Å². The van der Waals surface area contributed by atoms with E-state index in [9.17, 15) is 0 Å². The highest BCUT2D eigenvalue weighted by molar-refractivity contribution is 9.10. The smallest absolute Gasteiger partial charge is 0.270 e. The second-order valence-electron chi connectivity index (χ2n) is 4.01. The molecule has 102 valence electrons. The van der Waals surface area contributed by atoms with Gasteiger partial charge in [0.25, 0.3) is 5.89 Å². The van der Waals surface area contributed by atoms with Crippen LogP contribution in [0.4, 0.5) is 0 Å². The number of hydrogen-bond acceptors (Lipinski definition) is 7. The lowest BCUT2D eigenvalue weighted by Crippen LogP contribution is -1.94. The second-order valence-corrected chi connectivity index (χ2v) is 6.01. The van der Waals surface area contributed by atoms with Gasteiger partial charge in [-0.2, -0.15) is 4.98 Å². The van der Waals surface area contributed by atoms with Gasteiger partial charge in [0.15, 0.2) is 0 Å². The molecule has 8 heteroatoms. The molecule has 0 aliphatic rings. The fourth-order valence-electron chi connectivity index (χ4n) is 1.67. The molecule has 6 nitrogen and oxygen atoms in total. The largest absolute Gasteiger partial charge is 0.333 e. The summed E-state index contributed by atoms with van der Waals surface area (Å²) in [4.78, 5) is 13.8. The summed E-state index contributed by atoms with van der Waals surface area (Å²) in [5, 5.41) is 4.80. The predicted molar refractivity (Wildman–Crippen MR) is 79.0 cm³/mol. The molecule has 20 heavy (non-hydrogen) atoms. The van der Waals surface area contributed by atoms with Gasteiger partial charge in [-0.15, -0.1) is 11.3 Å². The molecule has 0 fully saturated rings. The molecular weight excluding hydrogens is 342 g/mol. The number of nitrogens with two attached hydrogens (primary N) is 1. The van der Waals surface area contributed by atoms with Gasteiger partial charge in [-0.1, -0.05) is 5.16 Å². The van der Waals surface area contributed by atoms with Crippen molar-refractivity contribution in [3.63, 3.8) is 0 Å². The van der Waals surface area contributed by atoms with Gasteiger partial charge in [-0.05, 0) is 35.0 Å². The minimum Gasteiger partial charge on any atom is -0.333 e. The van der Waals surface area contributed by atoms with Crippen LogP contribution in [0.5, 0.6) is 0 Å². The number of nitrogens with zero attached hydrogens (tertiary/aromatic N) is 4. The highest BCUT2D eigenvalue weighted by Gasteiger charge is 2.17. The predicted octanol–water partition coefficient (Wildman–Crippen LogP) is 2.78. The molecular formula is C12H10BrN5OS. The zero-order valence-corrected chi connectivity index (χ0v) is 12.9. The average molecular weight is 352 g/mol. The molecule has 0 aromatic carbocycles. The monoisotopic (exact) mass is 351 g/mol. The molecule has 0 aliphatic carbocycles. The highest BCUT2D eigenvalue weighted by atomic mass is 79.9. The van der Waals surface area contributed by atoms with Crippen molar-refractivity contribution in [2.24, 2.45) is 5.73 Å². The van der Waals surface area contributed by atoms with Crippen molar-refractivity contribution < 1.29 is 4.52 Å². The third kappa shape index (κ3) is 2.49. The molecule has 0 amide bonds. The summed E-state index contributed by atoms with van der Waals surface area (Å²) < 4.78 is 6.19. The molecule has 0 bridgehead atoms. The molecule has 2 N–H and O–H groups in total. The number of thiazole rings is 1. The summed E-state index contributed by atoms with van der Waals surface area (Å²) in [5.41, 5.74) is 7.09. The average Bonchev–Trinajstić information content (AvgIpc) is 3.06. The van der Waals surface area contributed by atoms with Crippen molar-refractivity contribution in [2.75, 3.05) is 0 Å². The fourth-order valence-corrected chi connectivity index (χ4v) is 2.77. The first-order chi connectivity index (χ1) is 9.67. The molecule has 0 saturated heterocycles. The van der Waals surface area contributed by atoms with Crippen LogP contribution < -0.4 is 5.73 Å². The van der Waals surface area contributed by atoms with Gasteiger partial charge >= 0.3 is 0 Å². The van der Waals surface area contributed by atoms with E-state index in [2.05, 4.69) is 36.0 Å². The van der Waals surface area contributed by atoms with Crippen LogP contribution in [0.15, 0.2) is 27.3 Å². The Labute approximate surface area is 127 Å². The maximum absolute atomic E-state index is 5.59. The molecule has 0 saturated carbocycles. The van der Waals surface area contributed by atoms with Gasteiger partial charge in [-0.25, -0.2) is 4.98 Å². The lowest BCUT2D eigenvalue weighted by Gasteiger charge is -1.92. The highest BCUT2D eigenvalue weighted by Crippen LogP contribution is 2.29. The molecule has 3 heterocycles. The molecule has 0 spiro atoms. The van der Waals surface area contributed by atoms with E-state index in [-0.39, 0.29) is 0 Å². The summed E-state index contributed by atoms with van der Waals surface area (Å²) in [6.45, 7) is 2.30. The molecule has 0 unspecified atom stereocenters. The quantitative estimate of drug-likeness (QED) is 0.779. The first-order valence-corrected chi connectivity index (χ1v) is 7.40. The van der Waals surface area contributed by atoms with Crippen LogP contribution in [-0.2, 0) is 6.54 Å². The number of aromatic nitrogens is 4. The molecule has 0 radical (unpaired) electrons. The Morgan fingerprint density at radius 1 is 1.35 bits per heavy atom. The van der Waals surface area contributed by atoms with E-state index >= 15 is 0 Å². The second kappa shape index (κ2) is 5.39. The summed E-state index contributed by atoms with van der Waals surface area (Å²) in [5.74, 6) is 0.897. The fraction of sp³-hybridized carbons (Fsp3) is 0.167. The van der Waals surface area contributed by atoms with Crippen LogP contribution >= 0.6 is 27.3 Å². The van der Waals surface area contributed by atoms with Gasteiger partial charge in [0.05, 0.1) is 5.69 Å². The number of rotatable bonds is 3. The van der Waals surface area contributed by atoms with E-state index in [0.717, 1.165) is 20.1 Å². The normalized spacial score (nSPS) is 10.9. The van der Waals surface area contributed by atoms with Crippen molar-refractivity contribution in [3.8, 4) is 22.3 Å². The van der Waals surface area contributed by atoms with Crippen LogP contribution in [0.1, 0.15) is 10.7 Å². The van der Waals surface area contributed by atoms with Gasteiger partial charge in [-0.3, -0.25) is 4.98 Å². The van der Waals surface area contributed by atoms with Crippen molar-refractivity contribution in [1.29, 1.82) is 0 Å². The maximum Gasteiger partial charge on any atom is 0.270 e. The summed E-state index contributed by atoms with van der Waals surface area (Å²) in [6, 6.07) is 3.70. The Balaban J connectivity index is 1.97. The van der Waals surface area contributed by atoms with E-state index in [1.165, 1.54) is 11.3 Å². The Morgan fingerprint density at radius 2 is 2.20 bits per heavy atom. The zero-order chi connectivity index (χ0) is 14.1. The van der Waals surface area contributed by atoms with Crippen LogP contribution in [-0.4, -0.2) is 20.1 Å². The SMILES string of the molecule is Cc1nc(CN)sc1-c1nc(-c2ccc(Br)cn2)no1. The van der Waals surface area contributed by atoms with E-state index in [1.807, 2.05) is 19.1 Å². The van der Waals surface area contributed by atoms with Crippen LogP contribution in [0, 0.1) is 6.92 Å². The minimum absolute atomic E-state index is 0.404. The van der Waals surface area contributed by atoms with Crippen molar-refractivity contribution in [3.05, 3.63) is 33.5 Å². The summed E-state index contributed by atoms with van der Waals surface area (Å²) in [7, 11) is 0. The van der Waals surface area contributed by atoms with Crippen LogP contribution in [0.25, 0.3) is 22.3 Å². The third-order valence-electron chi connectivity index (χ3n) is 2.59. The van der Waals surface area contributed by atoms with E-state index in [0.29, 0.717) is 24.0 Å². The first kappa shape index (κ1) is 13.3. The molecule has 0 aliphatic heterocycles. The lowest BCUT2D eigenvalue weighted by molar-refractivity contribution is 0.432. The van der Waals surface area contributed by atoms with E-state index in [4.69, 9.17) is 10.3 Å². The van der Waals surface area contributed by atoms with Gasteiger partial charge < -0.3 is 10.3 Å². The van der Waals surface area contributed by atoms with Gasteiger partial charge in [0.2, 0.25) is 5.82 Å². The van der Waals surface area contributed by atoms with Crippen molar-refractivity contribution >= 4 is 27.3 Å². The Bertz CT molecular complexity index is 737. The topological polar surface area (TPSA) is 90.7 Å². The minimum atomic E-state index is 0.404. The Hall–Kier alpha value is -1.64. The molecule has 0 atom stereocenters. The maximum atomic E-state index is 5.59. The summed E-state index contributed by atoms with van der Waals surface area (Å²) in [6.07, 6.45) is 1.69. The van der Waals surface area contributed by atoms with Gasteiger partial charge in [0.1, 0.15) is 15.6 Å². The number of aryl methyl sites for hydroxylation is 1. The molecule has 3 rings (SSSR count). The van der Waals surface area contributed by atoms with E-state index < -0.39 is 0 Å². The standard InChI is InChI=1S/C12H10BrN5OS/c1-6-10(20-9(4-14)16-6)12-17-11(18-19-12)8-3-2-7(13)5-15-8/h2-3,5H,4,14H2,1H3. The Kier molecular flexibility index (Phi) is 3.60. The van der Waals surface area contributed by atoms with E-state index in [1.54, 1.807) is 6.20 Å². The van der Waals surface area contributed by atoms with Gasteiger partial charge in [0, 0.05) is 17.2 Å². The van der Waals surface area contributed by atoms with Crippen LogP contribution in [0.2, 0.25) is 0 Å². The summed E-state index contributed by atoms with van der Waals surface area (Å²) >= 11 is 4.80. The van der Waals surface area contributed by atoms with Crippen molar-refractivity contribution in [1.82, 2.24) is 20.1 Å². The van der Waals surface area contributed by atoms with Crippen molar-refractivity contribution in [2.45, 2.75) is 13.5 Å². The number of halogens is 1.